The Kier molecular flexibility index (Phi) is 3.41. The second-order valence-electron chi connectivity index (χ2n) is 6.56. The number of piperidine rings is 1. The number of fused-ring (bicyclic) bond motifs is 1. The summed E-state index contributed by atoms with van der Waals surface area (Å²) in [6.45, 7) is 1.77. The number of nitrogens with zero attached hydrogens (tertiary/aromatic N) is 1. The van der Waals surface area contributed by atoms with E-state index in [4.69, 9.17) is 4.74 Å². The fraction of sp³-hybridized carbons (Fsp3) is 0.625. The van der Waals surface area contributed by atoms with Gasteiger partial charge < -0.3 is 19.9 Å². The van der Waals surface area contributed by atoms with Crippen LogP contribution in [0.1, 0.15) is 29.6 Å². The van der Waals surface area contributed by atoms with E-state index in [1.54, 1.807) is 23.4 Å². The van der Waals surface area contributed by atoms with E-state index in [2.05, 4.69) is 10.3 Å². The molecule has 22 heavy (non-hydrogen) atoms. The fourth-order valence-electron chi connectivity index (χ4n) is 3.60. The molecular formula is C16H21N3O3. The summed E-state index contributed by atoms with van der Waals surface area (Å²) in [5.41, 5.74) is 0.637. The molecule has 3 aliphatic rings. The van der Waals surface area contributed by atoms with Crippen LogP contribution in [-0.2, 0) is 9.53 Å². The fourth-order valence-corrected chi connectivity index (χ4v) is 3.60. The maximum absolute atomic E-state index is 12.6. The van der Waals surface area contributed by atoms with Crippen molar-refractivity contribution in [2.75, 3.05) is 19.7 Å². The van der Waals surface area contributed by atoms with Crippen molar-refractivity contribution in [1.29, 1.82) is 0 Å². The molecule has 2 aliphatic heterocycles. The van der Waals surface area contributed by atoms with E-state index in [1.165, 1.54) is 0 Å². The van der Waals surface area contributed by atoms with Gasteiger partial charge in [0.25, 0.3) is 5.91 Å². The van der Waals surface area contributed by atoms with E-state index in [-0.39, 0.29) is 29.8 Å². The predicted molar refractivity (Wildman–Crippen MR) is 79.2 cm³/mol. The van der Waals surface area contributed by atoms with Crippen LogP contribution in [0.25, 0.3) is 0 Å². The summed E-state index contributed by atoms with van der Waals surface area (Å²) in [6, 6.07) is 2.12. The van der Waals surface area contributed by atoms with Crippen molar-refractivity contribution in [3.05, 3.63) is 24.0 Å². The van der Waals surface area contributed by atoms with Gasteiger partial charge in [-0.25, -0.2) is 0 Å². The Hall–Kier alpha value is -1.82. The first-order chi connectivity index (χ1) is 10.7. The molecule has 0 spiro atoms. The zero-order valence-corrected chi connectivity index (χ0v) is 12.5. The molecule has 2 N–H and O–H groups in total. The molecule has 1 aromatic heterocycles. The molecule has 6 heteroatoms. The number of carbonyl (C=O) groups excluding carboxylic acids is 2. The Morgan fingerprint density at radius 3 is 2.86 bits per heavy atom. The lowest BCUT2D eigenvalue weighted by Gasteiger charge is -2.39. The van der Waals surface area contributed by atoms with Crippen LogP contribution in [0.5, 0.6) is 0 Å². The molecule has 3 fully saturated rings. The minimum Gasteiger partial charge on any atom is -0.376 e. The summed E-state index contributed by atoms with van der Waals surface area (Å²) in [4.78, 5) is 29.8. The van der Waals surface area contributed by atoms with Crippen LogP contribution >= 0.6 is 0 Å². The van der Waals surface area contributed by atoms with Crippen LogP contribution in [0.15, 0.2) is 18.5 Å². The number of nitrogens with one attached hydrogen (secondary N) is 2. The zero-order valence-electron chi connectivity index (χ0n) is 12.5. The third-order valence-corrected chi connectivity index (χ3v) is 4.99. The van der Waals surface area contributed by atoms with E-state index in [1.807, 2.05) is 0 Å². The summed E-state index contributed by atoms with van der Waals surface area (Å²) in [5, 5.41) is 3.09. The van der Waals surface area contributed by atoms with Gasteiger partial charge in [-0.1, -0.05) is 0 Å². The number of likely N-dealkylation sites (tertiary alicyclic amines) is 1. The van der Waals surface area contributed by atoms with Crippen LogP contribution in [0, 0.1) is 11.8 Å². The van der Waals surface area contributed by atoms with Gasteiger partial charge in [0.05, 0.1) is 17.6 Å². The van der Waals surface area contributed by atoms with Crippen LogP contribution in [0.2, 0.25) is 0 Å². The molecule has 2 saturated heterocycles. The summed E-state index contributed by atoms with van der Waals surface area (Å²) in [7, 11) is 0. The highest BCUT2D eigenvalue weighted by Crippen LogP contribution is 2.35. The maximum Gasteiger partial charge on any atom is 0.255 e. The number of hydrogen-bond acceptors (Lipinski definition) is 3. The molecule has 0 bridgehead atoms. The van der Waals surface area contributed by atoms with Gasteiger partial charge in [0.2, 0.25) is 5.91 Å². The average molecular weight is 303 g/mol. The lowest BCUT2D eigenvalue weighted by Crippen LogP contribution is -2.54. The molecule has 118 valence electrons. The zero-order chi connectivity index (χ0) is 15.1. The number of amides is 2. The van der Waals surface area contributed by atoms with Gasteiger partial charge in [0, 0.05) is 44.0 Å². The number of aromatic amines is 1. The van der Waals surface area contributed by atoms with Gasteiger partial charge in [-0.05, 0) is 25.3 Å². The Balaban J connectivity index is 1.51. The molecular weight excluding hydrogens is 282 g/mol. The van der Waals surface area contributed by atoms with Crippen LogP contribution in [-0.4, -0.2) is 53.5 Å². The highest BCUT2D eigenvalue weighted by molar-refractivity contribution is 5.94. The van der Waals surface area contributed by atoms with E-state index >= 15 is 0 Å². The smallest absolute Gasteiger partial charge is 0.255 e. The predicted octanol–water partition coefficient (Wildman–Crippen LogP) is 0.770. The van der Waals surface area contributed by atoms with Crippen molar-refractivity contribution in [2.45, 2.75) is 31.4 Å². The van der Waals surface area contributed by atoms with Gasteiger partial charge in [-0.15, -0.1) is 0 Å². The first-order valence-corrected chi connectivity index (χ1v) is 8.06. The molecule has 3 heterocycles. The number of ether oxygens (including phenoxy) is 1. The molecule has 1 saturated carbocycles. The molecule has 0 unspecified atom stereocenters. The van der Waals surface area contributed by atoms with Crippen LogP contribution < -0.4 is 5.32 Å². The lowest BCUT2D eigenvalue weighted by atomic mass is 9.82. The quantitative estimate of drug-likeness (QED) is 0.866. The summed E-state index contributed by atoms with van der Waals surface area (Å²) < 4.78 is 5.77. The number of hydrogen-bond donors (Lipinski definition) is 2. The van der Waals surface area contributed by atoms with Crippen LogP contribution in [0.4, 0.5) is 0 Å². The van der Waals surface area contributed by atoms with E-state index in [9.17, 15) is 9.59 Å². The van der Waals surface area contributed by atoms with Crippen molar-refractivity contribution in [2.24, 2.45) is 11.8 Å². The van der Waals surface area contributed by atoms with E-state index < -0.39 is 0 Å². The van der Waals surface area contributed by atoms with Gasteiger partial charge in [0.1, 0.15) is 0 Å². The highest BCUT2D eigenvalue weighted by Gasteiger charge is 2.45. The molecule has 4 rings (SSSR count). The number of H-pyrrole nitrogens is 1. The lowest BCUT2D eigenvalue weighted by molar-refractivity contribution is -0.130. The Morgan fingerprint density at radius 1 is 1.27 bits per heavy atom. The van der Waals surface area contributed by atoms with Crippen molar-refractivity contribution in [3.8, 4) is 0 Å². The first kappa shape index (κ1) is 13.8. The first-order valence-electron chi connectivity index (χ1n) is 8.06. The van der Waals surface area contributed by atoms with Crippen molar-refractivity contribution in [3.63, 3.8) is 0 Å². The molecule has 0 radical (unpaired) electrons. The third-order valence-electron chi connectivity index (χ3n) is 4.99. The standard InChI is InChI=1S/C16H21N3O3/c20-15(18-11-1-2-11)13-8-19(9-14-12(13)4-6-22-14)16(21)10-3-5-17-7-10/h3,5,7,11-14,17H,1-2,4,6,8-9H2,(H,18,20)/t12-,13+,14+/m0/s1. The second kappa shape index (κ2) is 5.43. The number of carbonyl (C=O) groups is 2. The number of aromatic nitrogens is 1. The van der Waals surface area contributed by atoms with Crippen molar-refractivity contribution < 1.29 is 14.3 Å². The molecule has 3 atom stereocenters. The topological polar surface area (TPSA) is 74.4 Å². The summed E-state index contributed by atoms with van der Waals surface area (Å²) in [6.07, 6.45) is 6.50. The van der Waals surface area contributed by atoms with Gasteiger partial charge >= 0.3 is 0 Å². The largest absolute Gasteiger partial charge is 0.376 e. The van der Waals surface area contributed by atoms with Crippen molar-refractivity contribution >= 4 is 11.8 Å². The van der Waals surface area contributed by atoms with Crippen LogP contribution in [0.3, 0.4) is 0 Å². The SMILES string of the molecule is O=C(NC1CC1)[C@@H]1CN(C(=O)c2cc[nH]c2)C[C@H]2OCC[C@H]21. The van der Waals surface area contributed by atoms with Gasteiger partial charge in [-0.3, -0.25) is 9.59 Å². The normalized spacial score (nSPS) is 30.9. The van der Waals surface area contributed by atoms with Gasteiger partial charge in [0.15, 0.2) is 0 Å². The van der Waals surface area contributed by atoms with Crippen molar-refractivity contribution in [1.82, 2.24) is 15.2 Å². The Bertz CT molecular complexity index is 567. The third kappa shape index (κ3) is 2.52. The highest BCUT2D eigenvalue weighted by atomic mass is 16.5. The number of rotatable bonds is 3. The maximum atomic E-state index is 12.6. The molecule has 6 nitrogen and oxygen atoms in total. The minimum absolute atomic E-state index is 0.00778. The monoisotopic (exact) mass is 303 g/mol. The Morgan fingerprint density at radius 2 is 2.14 bits per heavy atom. The summed E-state index contributed by atoms with van der Waals surface area (Å²) in [5.74, 6) is 0.160. The summed E-state index contributed by atoms with van der Waals surface area (Å²) >= 11 is 0. The molecule has 1 aliphatic carbocycles. The Labute approximate surface area is 129 Å². The molecule has 2 amide bonds. The van der Waals surface area contributed by atoms with E-state index in [0.717, 1.165) is 19.3 Å². The average Bonchev–Trinajstić information content (AvgIpc) is 3.03. The minimum atomic E-state index is -0.148. The molecule has 0 aromatic carbocycles. The second-order valence-corrected chi connectivity index (χ2v) is 6.56. The van der Waals surface area contributed by atoms with E-state index in [0.29, 0.717) is 31.3 Å². The van der Waals surface area contributed by atoms with Gasteiger partial charge in [-0.2, -0.15) is 0 Å². The molecule has 1 aromatic rings.